The molecule has 0 N–H and O–H groups in total. The molecule has 0 spiro atoms. The molecule has 1 amide bonds. The maximum atomic E-state index is 12.6. The molecule has 2 heterocycles. The largest absolute Gasteiger partial charge is 0.338 e. The molecule has 0 aliphatic heterocycles. The van der Waals surface area contributed by atoms with Crippen LogP contribution in [0.4, 0.5) is 0 Å². The van der Waals surface area contributed by atoms with Gasteiger partial charge >= 0.3 is 0 Å². The lowest BCUT2D eigenvalue weighted by molar-refractivity contribution is -0.128. The summed E-state index contributed by atoms with van der Waals surface area (Å²) >= 11 is 3.04. The van der Waals surface area contributed by atoms with Crippen molar-refractivity contribution in [3.63, 3.8) is 0 Å². The van der Waals surface area contributed by atoms with Crippen LogP contribution >= 0.6 is 23.1 Å². The number of para-hydroxylation sites is 1. The van der Waals surface area contributed by atoms with Crippen LogP contribution in [-0.4, -0.2) is 38.2 Å². The zero-order chi connectivity index (χ0) is 18.1. The van der Waals surface area contributed by atoms with Gasteiger partial charge in [0.25, 0.3) is 0 Å². The number of benzene rings is 2. The second-order valence-electron chi connectivity index (χ2n) is 6.05. The van der Waals surface area contributed by atoms with Crippen molar-refractivity contribution in [1.82, 2.24) is 19.5 Å². The van der Waals surface area contributed by atoms with E-state index in [1.165, 1.54) is 16.5 Å². The number of amides is 1. The summed E-state index contributed by atoms with van der Waals surface area (Å²) in [5.41, 5.74) is 2.21. The predicted octanol–water partition coefficient (Wildman–Crippen LogP) is 4.26. The van der Waals surface area contributed by atoms with Gasteiger partial charge in [-0.05, 0) is 24.6 Å². The number of carbonyl (C=O) groups is 1. The van der Waals surface area contributed by atoms with Crippen molar-refractivity contribution in [3.8, 4) is 0 Å². The van der Waals surface area contributed by atoms with Crippen LogP contribution in [0.3, 0.4) is 0 Å². The number of nitrogens with zero attached hydrogens (tertiary/aromatic N) is 4. The van der Waals surface area contributed by atoms with Gasteiger partial charge in [-0.2, -0.15) is 0 Å². The summed E-state index contributed by atoms with van der Waals surface area (Å²) in [4.78, 5) is 15.3. The Hall–Kier alpha value is -2.38. The Morgan fingerprint density at radius 1 is 1.15 bits per heavy atom. The molecule has 0 aliphatic carbocycles. The molecule has 0 radical (unpaired) electrons. The monoisotopic (exact) mass is 382 g/mol. The Bertz CT molecular complexity index is 1060. The summed E-state index contributed by atoms with van der Waals surface area (Å²) < 4.78 is 3.19. The minimum atomic E-state index is 0.0321. The van der Waals surface area contributed by atoms with Crippen molar-refractivity contribution in [2.24, 2.45) is 0 Å². The van der Waals surface area contributed by atoms with Gasteiger partial charge in [0.1, 0.15) is 0 Å². The van der Waals surface area contributed by atoms with Gasteiger partial charge in [0.15, 0.2) is 5.16 Å². The number of thiazole rings is 1. The Kier molecular flexibility index (Phi) is 4.65. The Balaban J connectivity index is 1.50. The normalized spacial score (nSPS) is 12.5. The first-order valence-electron chi connectivity index (χ1n) is 8.31. The van der Waals surface area contributed by atoms with Crippen LogP contribution in [0.1, 0.15) is 18.5 Å². The second-order valence-corrected chi connectivity index (χ2v) is 8.00. The maximum absolute atomic E-state index is 12.6. The fourth-order valence-corrected chi connectivity index (χ4v) is 4.74. The van der Waals surface area contributed by atoms with Gasteiger partial charge < -0.3 is 4.90 Å². The lowest BCUT2D eigenvalue weighted by Gasteiger charge is -2.25. The third-order valence-corrected chi connectivity index (χ3v) is 6.42. The standard InChI is InChI=1S/C19H18N4OS2/c1-13(14-8-4-3-5-9-14)22(2)17(24)12-25-18-20-21-19-23(18)15-10-6-7-11-16(15)26-19/h3-11,13H,12H2,1-2H3. The maximum Gasteiger partial charge on any atom is 0.233 e. The van der Waals surface area contributed by atoms with E-state index in [2.05, 4.69) is 22.3 Å². The van der Waals surface area contributed by atoms with E-state index in [1.54, 1.807) is 16.2 Å². The van der Waals surface area contributed by atoms with Crippen LogP contribution < -0.4 is 0 Å². The first kappa shape index (κ1) is 17.1. The van der Waals surface area contributed by atoms with Gasteiger partial charge in [0.05, 0.1) is 22.0 Å². The lowest BCUT2D eigenvalue weighted by atomic mass is 10.1. The van der Waals surface area contributed by atoms with Crippen LogP contribution in [0.25, 0.3) is 15.2 Å². The first-order valence-corrected chi connectivity index (χ1v) is 10.1. The van der Waals surface area contributed by atoms with Crippen LogP contribution in [0.2, 0.25) is 0 Å². The van der Waals surface area contributed by atoms with E-state index in [0.717, 1.165) is 21.2 Å². The zero-order valence-electron chi connectivity index (χ0n) is 14.5. The average molecular weight is 383 g/mol. The number of hydrogen-bond acceptors (Lipinski definition) is 5. The summed E-state index contributed by atoms with van der Waals surface area (Å²) in [6, 6.07) is 18.2. The van der Waals surface area contributed by atoms with E-state index in [9.17, 15) is 4.79 Å². The predicted molar refractivity (Wildman–Crippen MR) is 107 cm³/mol. The highest BCUT2D eigenvalue weighted by Gasteiger charge is 2.19. The molecule has 2 aromatic heterocycles. The molecule has 7 heteroatoms. The number of aromatic nitrogens is 3. The quantitative estimate of drug-likeness (QED) is 0.484. The van der Waals surface area contributed by atoms with Gasteiger partial charge in [-0.15, -0.1) is 10.2 Å². The number of hydrogen-bond donors (Lipinski definition) is 0. The smallest absolute Gasteiger partial charge is 0.233 e. The third kappa shape index (κ3) is 3.08. The Morgan fingerprint density at radius 3 is 2.69 bits per heavy atom. The van der Waals surface area contributed by atoms with Crippen molar-refractivity contribution in [1.29, 1.82) is 0 Å². The van der Waals surface area contributed by atoms with Crippen molar-refractivity contribution in [2.45, 2.75) is 18.1 Å². The molecular weight excluding hydrogens is 364 g/mol. The first-order chi connectivity index (χ1) is 12.6. The van der Waals surface area contributed by atoms with Crippen LogP contribution in [0, 0.1) is 0 Å². The van der Waals surface area contributed by atoms with Crippen LogP contribution in [0.15, 0.2) is 59.8 Å². The fraction of sp³-hybridized carbons (Fsp3) is 0.211. The molecule has 0 saturated carbocycles. The summed E-state index contributed by atoms with van der Waals surface area (Å²) in [7, 11) is 1.85. The van der Waals surface area contributed by atoms with E-state index in [-0.39, 0.29) is 11.9 Å². The van der Waals surface area contributed by atoms with Gasteiger partial charge in [0, 0.05) is 7.05 Å². The topological polar surface area (TPSA) is 50.5 Å². The van der Waals surface area contributed by atoms with Gasteiger partial charge in [-0.1, -0.05) is 65.6 Å². The number of rotatable bonds is 5. The number of fused-ring (bicyclic) bond motifs is 3. The highest BCUT2D eigenvalue weighted by Crippen LogP contribution is 2.29. The van der Waals surface area contributed by atoms with Crippen molar-refractivity contribution < 1.29 is 4.79 Å². The summed E-state index contributed by atoms with van der Waals surface area (Å²) in [6.45, 7) is 2.04. The molecule has 5 nitrogen and oxygen atoms in total. The molecule has 26 heavy (non-hydrogen) atoms. The Labute approximate surface area is 159 Å². The molecule has 1 unspecified atom stereocenters. The van der Waals surface area contributed by atoms with E-state index >= 15 is 0 Å². The lowest BCUT2D eigenvalue weighted by Crippen LogP contribution is -2.31. The molecular formula is C19H18N4OS2. The third-order valence-electron chi connectivity index (χ3n) is 4.49. The minimum Gasteiger partial charge on any atom is -0.338 e. The number of thioether (sulfide) groups is 1. The van der Waals surface area contributed by atoms with E-state index in [4.69, 9.17) is 0 Å². The second kappa shape index (κ2) is 7.09. The van der Waals surface area contributed by atoms with Crippen LogP contribution in [-0.2, 0) is 4.79 Å². The SMILES string of the molecule is CC(c1ccccc1)N(C)C(=O)CSc1nnc2sc3ccccc3n12. The number of carbonyl (C=O) groups excluding carboxylic acids is 1. The minimum absolute atomic E-state index is 0.0321. The molecule has 0 bridgehead atoms. The zero-order valence-corrected chi connectivity index (χ0v) is 16.1. The molecule has 0 aliphatic rings. The molecule has 0 fully saturated rings. The molecule has 4 rings (SSSR count). The van der Waals surface area contributed by atoms with Gasteiger partial charge in [-0.3, -0.25) is 9.20 Å². The van der Waals surface area contributed by atoms with Crippen molar-refractivity contribution >= 4 is 44.2 Å². The summed E-state index contributed by atoms with van der Waals surface area (Å²) in [6.07, 6.45) is 0. The molecule has 132 valence electrons. The Morgan fingerprint density at radius 2 is 1.88 bits per heavy atom. The molecule has 2 aromatic carbocycles. The van der Waals surface area contributed by atoms with E-state index in [0.29, 0.717) is 5.75 Å². The van der Waals surface area contributed by atoms with E-state index < -0.39 is 0 Å². The van der Waals surface area contributed by atoms with Crippen molar-refractivity contribution in [2.75, 3.05) is 12.8 Å². The summed E-state index contributed by atoms with van der Waals surface area (Å²) in [5, 5.41) is 9.26. The van der Waals surface area contributed by atoms with Crippen molar-refractivity contribution in [3.05, 3.63) is 60.2 Å². The highest BCUT2D eigenvalue weighted by atomic mass is 32.2. The average Bonchev–Trinajstić information content (AvgIpc) is 3.25. The molecule has 4 aromatic rings. The van der Waals surface area contributed by atoms with Gasteiger partial charge in [-0.25, -0.2) is 0 Å². The summed E-state index contributed by atoms with van der Waals surface area (Å²) in [5.74, 6) is 0.404. The van der Waals surface area contributed by atoms with Gasteiger partial charge in [0.2, 0.25) is 10.9 Å². The fourth-order valence-electron chi connectivity index (χ4n) is 2.85. The highest BCUT2D eigenvalue weighted by molar-refractivity contribution is 7.99. The van der Waals surface area contributed by atoms with Crippen LogP contribution in [0.5, 0.6) is 0 Å². The molecule has 0 saturated heterocycles. The molecule has 1 atom stereocenters. The van der Waals surface area contributed by atoms with E-state index in [1.807, 2.05) is 60.8 Å².